The van der Waals surface area contributed by atoms with Gasteiger partial charge in [-0.3, -0.25) is 18.8 Å². The third-order valence-corrected chi connectivity index (χ3v) is 8.87. The highest BCUT2D eigenvalue weighted by Crippen LogP contribution is 2.46. The molecule has 2 fully saturated rings. The maximum absolute atomic E-state index is 14.4. The number of hydrogen-bond acceptors (Lipinski definition) is 6. The molecule has 6 rings (SSSR count). The molecule has 4 aromatic rings. The fourth-order valence-electron chi connectivity index (χ4n) is 5.39. The Kier molecular flexibility index (Phi) is 6.45. The SMILES string of the molecule is Cn1cc(-n2cc(CCC3(N4CCS(=O)CC4)CC3)c3cnc(-c4cnc(OC(F)(F)F)c(F)c4)cc32)cn1. The van der Waals surface area contributed by atoms with Crippen LogP contribution in [0.3, 0.4) is 0 Å². The summed E-state index contributed by atoms with van der Waals surface area (Å²) in [4.78, 5) is 10.5. The van der Waals surface area contributed by atoms with Crippen LogP contribution >= 0.6 is 0 Å². The van der Waals surface area contributed by atoms with E-state index in [1.807, 2.05) is 17.8 Å². The van der Waals surface area contributed by atoms with Gasteiger partial charge in [0, 0.05) is 83.7 Å². The van der Waals surface area contributed by atoms with Gasteiger partial charge in [0.05, 0.1) is 23.1 Å². The van der Waals surface area contributed by atoms with E-state index in [9.17, 15) is 21.8 Å². The van der Waals surface area contributed by atoms with Crippen LogP contribution in [-0.2, 0) is 24.3 Å². The zero-order valence-corrected chi connectivity index (χ0v) is 21.9. The van der Waals surface area contributed by atoms with E-state index in [1.54, 1.807) is 23.1 Å². The van der Waals surface area contributed by atoms with Gasteiger partial charge in [0.15, 0.2) is 5.82 Å². The number of ether oxygens (including phenoxy) is 1. The lowest BCUT2D eigenvalue weighted by molar-refractivity contribution is -0.277. The molecular formula is C26H26F4N6O2S. The number of nitrogens with zero attached hydrogens (tertiary/aromatic N) is 6. The van der Waals surface area contributed by atoms with Crippen molar-refractivity contribution in [2.24, 2.45) is 7.05 Å². The van der Waals surface area contributed by atoms with Gasteiger partial charge in [-0.15, -0.1) is 13.2 Å². The van der Waals surface area contributed by atoms with E-state index in [-0.39, 0.29) is 11.1 Å². The van der Waals surface area contributed by atoms with Crippen LogP contribution in [0.25, 0.3) is 27.8 Å². The summed E-state index contributed by atoms with van der Waals surface area (Å²) in [6.07, 6.45) is 7.54. The molecule has 2 aliphatic rings. The highest BCUT2D eigenvalue weighted by molar-refractivity contribution is 7.85. The van der Waals surface area contributed by atoms with Crippen molar-refractivity contribution in [3.05, 3.63) is 54.5 Å². The average Bonchev–Trinajstić information content (AvgIpc) is 3.42. The second-order valence-electron chi connectivity index (χ2n) is 10.1. The molecule has 1 aliphatic heterocycles. The minimum atomic E-state index is -5.04. The third-order valence-electron chi connectivity index (χ3n) is 7.59. The highest BCUT2D eigenvalue weighted by Gasteiger charge is 2.47. The Bertz CT molecular complexity index is 1550. The van der Waals surface area contributed by atoms with Gasteiger partial charge in [-0.1, -0.05) is 0 Å². The Morgan fingerprint density at radius 2 is 1.85 bits per heavy atom. The fraction of sp³-hybridized carbons (Fsp3) is 0.423. The molecule has 0 N–H and O–H groups in total. The molecule has 0 atom stereocenters. The third kappa shape index (κ3) is 5.29. The monoisotopic (exact) mass is 562 g/mol. The minimum absolute atomic E-state index is 0.157. The van der Waals surface area contributed by atoms with Gasteiger partial charge >= 0.3 is 6.36 Å². The lowest BCUT2D eigenvalue weighted by atomic mass is 10.0. The van der Waals surface area contributed by atoms with Crippen LogP contribution in [0.2, 0.25) is 0 Å². The lowest BCUT2D eigenvalue weighted by Crippen LogP contribution is -2.46. The van der Waals surface area contributed by atoms with Crippen LogP contribution in [-0.4, -0.2) is 69.9 Å². The van der Waals surface area contributed by atoms with E-state index in [0.29, 0.717) is 5.69 Å². The fourth-order valence-corrected chi connectivity index (χ4v) is 6.44. The summed E-state index contributed by atoms with van der Waals surface area (Å²) in [5, 5.41) is 5.22. The van der Waals surface area contributed by atoms with Crippen molar-refractivity contribution in [2.75, 3.05) is 24.6 Å². The van der Waals surface area contributed by atoms with Gasteiger partial charge in [0.2, 0.25) is 0 Å². The lowest BCUT2D eigenvalue weighted by Gasteiger charge is -2.34. The molecule has 0 radical (unpaired) electrons. The number of pyridine rings is 2. The van der Waals surface area contributed by atoms with Gasteiger partial charge < -0.3 is 9.30 Å². The predicted octanol–water partition coefficient (Wildman–Crippen LogP) is 4.39. The van der Waals surface area contributed by atoms with Crippen molar-refractivity contribution >= 4 is 21.7 Å². The summed E-state index contributed by atoms with van der Waals surface area (Å²) in [6.45, 7) is 1.73. The molecular weight excluding hydrogens is 536 g/mol. The summed E-state index contributed by atoms with van der Waals surface area (Å²) in [6, 6.07) is 2.71. The Morgan fingerprint density at radius 1 is 1.08 bits per heavy atom. The molecule has 39 heavy (non-hydrogen) atoms. The van der Waals surface area contributed by atoms with Crippen LogP contribution in [0.4, 0.5) is 17.6 Å². The van der Waals surface area contributed by atoms with Crippen molar-refractivity contribution in [3.8, 4) is 22.8 Å². The topological polar surface area (TPSA) is 78.1 Å². The summed E-state index contributed by atoms with van der Waals surface area (Å²) >= 11 is 0. The predicted molar refractivity (Wildman–Crippen MR) is 137 cm³/mol. The molecule has 1 saturated heterocycles. The second-order valence-corrected chi connectivity index (χ2v) is 11.8. The number of fused-ring (bicyclic) bond motifs is 1. The Hall–Kier alpha value is -3.32. The zero-order valence-electron chi connectivity index (χ0n) is 21.1. The van der Waals surface area contributed by atoms with Gasteiger partial charge in [-0.25, -0.2) is 9.37 Å². The van der Waals surface area contributed by atoms with Crippen LogP contribution in [0, 0.1) is 5.82 Å². The van der Waals surface area contributed by atoms with Crippen LogP contribution in [0.15, 0.2) is 43.1 Å². The molecule has 1 saturated carbocycles. The van der Waals surface area contributed by atoms with Crippen LogP contribution in [0.1, 0.15) is 24.8 Å². The normalized spacial score (nSPS) is 18.1. The molecule has 4 aromatic heterocycles. The second kappa shape index (κ2) is 9.70. The molecule has 206 valence electrons. The minimum Gasteiger partial charge on any atom is -0.385 e. The van der Waals surface area contributed by atoms with Gasteiger partial charge in [0.1, 0.15) is 0 Å². The molecule has 0 aromatic carbocycles. The Balaban J connectivity index is 1.32. The smallest absolute Gasteiger partial charge is 0.385 e. The van der Waals surface area contributed by atoms with E-state index in [2.05, 4.69) is 30.9 Å². The number of hydrogen-bond donors (Lipinski definition) is 0. The first-order valence-corrected chi connectivity index (χ1v) is 14.1. The molecule has 0 spiro atoms. The van der Waals surface area contributed by atoms with Gasteiger partial charge in [-0.05, 0) is 43.4 Å². The van der Waals surface area contributed by atoms with E-state index in [1.165, 1.54) is 0 Å². The molecule has 13 heteroatoms. The zero-order chi connectivity index (χ0) is 27.4. The highest BCUT2D eigenvalue weighted by atomic mass is 32.2. The molecule has 8 nitrogen and oxygen atoms in total. The maximum atomic E-state index is 14.4. The van der Waals surface area contributed by atoms with Crippen molar-refractivity contribution < 1.29 is 26.5 Å². The summed E-state index contributed by atoms with van der Waals surface area (Å²) in [5.74, 6) is -0.908. The van der Waals surface area contributed by atoms with Crippen molar-refractivity contribution in [2.45, 2.75) is 37.6 Å². The number of aryl methyl sites for hydroxylation is 2. The van der Waals surface area contributed by atoms with E-state index < -0.39 is 28.9 Å². The number of rotatable bonds is 7. The van der Waals surface area contributed by atoms with E-state index in [0.717, 1.165) is 84.7 Å². The average molecular weight is 563 g/mol. The van der Waals surface area contributed by atoms with Crippen LogP contribution < -0.4 is 4.74 Å². The Labute approximate surface area is 224 Å². The Morgan fingerprint density at radius 3 is 2.49 bits per heavy atom. The van der Waals surface area contributed by atoms with Crippen LogP contribution in [0.5, 0.6) is 5.88 Å². The summed E-state index contributed by atoms with van der Waals surface area (Å²) in [7, 11) is 1.11. The largest absolute Gasteiger partial charge is 0.574 e. The number of aromatic nitrogens is 5. The first kappa shape index (κ1) is 25.9. The first-order valence-electron chi connectivity index (χ1n) is 12.6. The number of alkyl halides is 3. The molecule has 0 bridgehead atoms. The summed E-state index contributed by atoms with van der Waals surface area (Å²) in [5.41, 5.74) is 3.51. The van der Waals surface area contributed by atoms with E-state index >= 15 is 0 Å². The number of halogens is 4. The van der Waals surface area contributed by atoms with Gasteiger partial charge in [0.25, 0.3) is 5.88 Å². The van der Waals surface area contributed by atoms with Gasteiger partial charge in [-0.2, -0.15) is 5.10 Å². The maximum Gasteiger partial charge on any atom is 0.574 e. The standard InChI is InChI=1S/C26H26F4N6O2S/c1-34-16-19(13-33-34)36-15-17(2-3-25(4-5-25)35-6-8-39(37)9-7-35)20-14-31-22(11-23(20)36)18-10-21(27)24(32-12-18)38-26(28,29)30/h10-16H,2-9H2,1H3. The first-order chi connectivity index (χ1) is 18.6. The van der Waals surface area contributed by atoms with Crippen molar-refractivity contribution in [1.82, 2.24) is 29.2 Å². The molecule has 5 heterocycles. The van der Waals surface area contributed by atoms with E-state index in [4.69, 9.17) is 0 Å². The van der Waals surface area contributed by atoms with Crippen molar-refractivity contribution in [3.63, 3.8) is 0 Å². The molecule has 0 unspecified atom stereocenters. The quantitative estimate of drug-likeness (QED) is 0.311. The van der Waals surface area contributed by atoms with Crippen molar-refractivity contribution in [1.29, 1.82) is 0 Å². The summed E-state index contributed by atoms with van der Waals surface area (Å²) < 4.78 is 71.1. The molecule has 0 amide bonds. The molecule has 1 aliphatic carbocycles.